The molecule has 3 rings (SSSR count). The molecule has 0 unspecified atom stereocenters. The first kappa shape index (κ1) is 20.7. The van der Waals surface area contributed by atoms with E-state index in [4.69, 9.17) is 11.6 Å². The summed E-state index contributed by atoms with van der Waals surface area (Å²) in [4.78, 5) is 30.9. The largest absolute Gasteiger partial charge is 0.350 e. The Morgan fingerprint density at radius 1 is 1.17 bits per heavy atom. The van der Waals surface area contributed by atoms with Crippen molar-refractivity contribution in [3.05, 3.63) is 58.9 Å². The molecule has 0 saturated carbocycles. The first-order valence-electron chi connectivity index (χ1n) is 9.28. The number of halogens is 1. The molecule has 3 amide bonds. The predicted octanol–water partition coefficient (Wildman–Crippen LogP) is 4.03. The molecule has 0 bridgehead atoms. The standard InChI is InChI=1S/C21H24ClN5O2/c1-13(2)23-20(28)14-5-10-18-17(11-14)25-19(27(18)4)12-26(3)21(29)24-16-8-6-15(22)7-9-16/h5-11,13H,12H2,1-4H3,(H,23,28)(H,24,29). The van der Waals surface area contributed by atoms with Crippen molar-refractivity contribution in [3.8, 4) is 0 Å². The highest BCUT2D eigenvalue weighted by Gasteiger charge is 2.16. The Kier molecular flexibility index (Phi) is 6.08. The maximum Gasteiger partial charge on any atom is 0.321 e. The minimum absolute atomic E-state index is 0.0605. The van der Waals surface area contributed by atoms with Crippen molar-refractivity contribution < 1.29 is 9.59 Å². The van der Waals surface area contributed by atoms with Gasteiger partial charge >= 0.3 is 6.03 Å². The second-order valence-electron chi connectivity index (χ2n) is 7.21. The monoisotopic (exact) mass is 413 g/mol. The third kappa shape index (κ3) is 4.86. The highest BCUT2D eigenvalue weighted by Crippen LogP contribution is 2.19. The number of hydrogen-bond acceptors (Lipinski definition) is 3. The van der Waals surface area contributed by atoms with Gasteiger partial charge in [-0.25, -0.2) is 9.78 Å². The second kappa shape index (κ2) is 8.53. The van der Waals surface area contributed by atoms with Crippen molar-refractivity contribution in [2.24, 2.45) is 7.05 Å². The molecule has 2 N–H and O–H groups in total. The number of hydrogen-bond donors (Lipinski definition) is 2. The number of rotatable bonds is 5. The first-order chi connectivity index (χ1) is 13.7. The van der Waals surface area contributed by atoms with Crippen LogP contribution in [0.15, 0.2) is 42.5 Å². The molecule has 152 valence electrons. The van der Waals surface area contributed by atoms with Gasteiger partial charge in [-0.05, 0) is 56.3 Å². The van der Waals surface area contributed by atoms with Gasteiger partial charge < -0.3 is 20.1 Å². The van der Waals surface area contributed by atoms with Crippen LogP contribution in [0.2, 0.25) is 5.02 Å². The van der Waals surface area contributed by atoms with E-state index < -0.39 is 0 Å². The lowest BCUT2D eigenvalue weighted by Gasteiger charge is -2.17. The van der Waals surface area contributed by atoms with Gasteiger partial charge in [0.1, 0.15) is 5.82 Å². The lowest BCUT2D eigenvalue weighted by Crippen LogP contribution is -2.31. The van der Waals surface area contributed by atoms with E-state index in [0.717, 1.165) is 11.3 Å². The number of carbonyl (C=O) groups excluding carboxylic acids is 2. The predicted molar refractivity (Wildman–Crippen MR) is 115 cm³/mol. The van der Waals surface area contributed by atoms with Gasteiger partial charge in [-0.15, -0.1) is 0 Å². The van der Waals surface area contributed by atoms with Gasteiger partial charge in [0, 0.05) is 36.4 Å². The number of carbonyl (C=O) groups is 2. The van der Waals surface area contributed by atoms with Gasteiger partial charge in [-0.2, -0.15) is 0 Å². The molecule has 2 aromatic carbocycles. The zero-order valence-electron chi connectivity index (χ0n) is 16.9. The fourth-order valence-electron chi connectivity index (χ4n) is 2.91. The minimum Gasteiger partial charge on any atom is -0.350 e. The van der Waals surface area contributed by atoms with Gasteiger partial charge in [0.25, 0.3) is 5.91 Å². The van der Waals surface area contributed by atoms with Crippen LogP contribution < -0.4 is 10.6 Å². The van der Waals surface area contributed by atoms with Gasteiger partial charge in [0.2, 0.25) is 0 Å². The Bertz CT molecular complexity index is 1040. The van der Waals surface area contributed by atoms with Crippen molar-refractivity contribution in [1.29, 1.82) is 0 Å². The number of fused-ring (bicyclic) bond motifs is 1. The second-order valence-corrected chi connectivity index (χ2v) is 7.65. The molecular formula is C21H24ClN5O2. The molecule has 0 fully saturated rings. The third-order valence-corrected chi connectivity index (χ3v) is 4.73. The molecule has 0 saturated heterocycles. The third-order valence-electron chi connectivity index (χ3n) is 4.48. The van der Waals surface area contributed by atoms with E-state index in [1.54, 1.807) is 48.3 Å². The minimum atomic E-state index is -0.253. The van der Waals surface area contributed by atoms with E-state index in [1.807, 2.05) is 31.5 Å². The van der Waals surface area contributed by atoms with Gasteiger partial charge in [0.15, 0.2) is 0 Å². The highest BCUT2D eigenvalue weighted by atomic mass is 35.5. The van der Waals surface area contributed by atoms with Crippen molar-refractivity contribution in [3.63, 3.8) is 0 Å². The fourth-order valence-corrected chi connectivity index (χ4v) is 3.04. The zero-order chi connectivity index (χ0) is 21.1. The molecule has 3 aromatic rings. The quantitative estimate of drug-likeness (QED) is 0.662. The molecule has 0 aliphatic rings. The van der Waals surface area contributed by atoms with Gasteiger partial charge in [0.05, 0.1) is 17.6 Å². The summed E-state index contributed by atoms with van der Waals surface area (Å²) < 4.78 is 1.92. The van der Waals surface area contributed by atoms with Crippen LogP contribution in [-0.4, -0.2) is 39.5 Å². The number of anilines is 1. The summed E-state index contributed by atoms with van der Waals surface area (Å²) >= 11 is 5.87. The van der Waals surface area contributed by atoms with Crippen LogP contribution in [0.4, 0.5) is 10.5 Å². The van der Waals surface area contributed by atoms with Crippen LogP contribution in [0, 0.1) is 0 Å². The topological polar surface area (TPSA) is 79.3 Å². The Labute approximate surface area is 174 Å². The van der Waals surface area contributed by atoms with Crippen molar-refractivity contribution >= 4 is 40.3 Å². The molecular weight excluding hydrogens is 390 g/mol. The van der Waals surface area contributed by atoms with E-state index in [2.05, 4.69) is 15.6 Å². The van der Waals surface area contributed by atoms with E-state index in [-0.39, 0.29) is 18.0 Å². The maximum absolute atomic E-state index is 12.5. The number of aromatic nitrogens is 2. The van der Waals surface area contributed by atoms with Gasteiger partial charge in [-0.3, -0.25) is 4.79 Å². The molecule has 0 aliphatic heterocycles. The Hall–Kier alpha value is -3.06. The Morgan fingerprint density at radius 2 is 1.86 bits per heavy atom. The number of nitrogens with zero attached hydrogens (tertiary/aromatic N) is 3. The number of aryl methyl sites for hydroxylation is 1. The average molecular weight is 414 g/mol. The number of nitrogens with one attached hydrogen (secondary N) is 2. The molecule has 0 radical (unpaired) electrons. The average Bonchev–Trinajstić information content (AvgIpc) is 2.98. The van der Waals surface area contributed by atoms with Crippen LogP contribution >= 0.6 is 11.6 Å². The van der Waals surface area contributed by atoms with Crippen LogP contribution in [0.1, 0.15) is 30.0 Å². The maximum atomic E-state index is 12.5. The highest BCUT2D eigenvalue weighted by molar-refractivity contribution is 6.30. The van der Waals surface area contributed by atoms with Crippen LogP contribution in [0.5, 0.6) is 0 Å². The number of urea groups is 1. The Balaban J connectivity index is 1.75. The first-order valence-corrected chi connectivity index (χ1v) is 9.66. The normalized spacial score (nSPS) is 11.0. The smallest absolute Gasteiger partial charge is 0.321 e. The molecule has 0 spiro atoms. The summed E-state index contributed by atoms with van der Waals surface area (Å²) in [6, 6.07) is 12.1. The van der Waals surface area contributed by atoms with Crippen molar-refractivity contribution in [2.45, 2.75) is 26.4 Å². The fraction of sp³-hybridized carbons (Fsp3) is 0.286. The van der Waals surface area contributed by atoms with E-state index in [0.29, 0.717) is 28.3 Å². The summed E-state index contributed by atoms with van der Waals surface area (Å²) in [6.45, 7) is 4.15. The summed E-state index contributed by atoms with van der Waals surface area (Å²) in [6.07, 6.45) is 0. The van der Waals surface area contributed by atoms with E-state index in [1.165, 1.54) is 0 Å². The summed E-state index contributed by atoms with van der Waals surface area (Å²) in [5.74, 6) is 0.587. The number of benzene rings is 2. The molecule has 1 aromatic heterocycles. The summed E-state index contributed by atoms with van der Waals surface area (Å²) in [5.41, 5.74) is 2.83. The number of imidazole rings is 1. The van der Waals surface area contributed by atoms with Crippen LogP contribution in [0.3, 0.4) is 0 Å². The van der Waals surface area contributed by atoms with Crippen LogP contribution in [0.25, 0.3) is 11.0 Å². The molecule has 29 heavy (non-hydrogen) atoms. The summed E-state index contributed by atoms with van der Waals surface area (Å²) in [7, 11) is 3.59. The lowest BCUT2D eigenvalue weighted by atomic mass is 10.2. The molecule has 8 heteroatoms. The van der Waals surface area contributed by atoms with Crippen LogP contribution in [-0.2, 0) is 13.6 Å². The SMILES string of the molecule is CC(C)NC(=O)c1ccc2c(c1)nc(CN(C)C(=O)Nc1ccc(Cl)cc1)n2C. The number of amides is 3. The lowest BCUT2D eigenvalue weighted by molar-refractivity contribution is 0.0943. The van der Waals surface area contributed by atoms with E-state index in [9.17, 15) is 9.59 Å². The summed E-state index contributed by atoms with van der Waals surface area (Å²) in [5, 5.41) is 6.31. The van der Waals surface area contributed by atoms with Gasteiger partial charge in [-0.1, -0.05) is 11.6 Å². The molecule has 1 heterocycles. The zero-order valence-corrected chi connectivity index (χ0v) is 17.6. The van der Waals surface area contributed by atoms with Crippen molar-refractivity contribution in [2.75, 3.05) is 12.4 Å². The molecule has 7 nitrogen and oxygen atoms in total. The molecule has 0 atom stereocenters. The Morgan fingerprint density at radius 3 is 2.52 bits per heavy atom. The van der Waals surface area contributed by atoms with E-state index >= 15 is 0 Å². The molecule has 0 aliphatic carbocycles. The van der Waals surface area contributed by atoms with Crippen molar-refractivity contribution in [1.82, 2.24) is 19.8 Å².